The zero-order chi connectivity index (χ0) is 20.9. The van der Waals surface area contributed by atoms with Crippen LogP contribution in [0.15, 0.2) is 42.2 Å². The van der Waals surface area contributed by atoms with Crippen LogP contribution in [0.2, 0.25) is 0 Å². The Morgan fingerprint density at radius 3 is 2.60 bits per heavy atom. The summed E-state index contributed by atoms with van der Waals surface area (Å²) in [7, 11) is 0. The summed E-state index contributed by atoms with van der Waals surface area (Å²) in [5, 5.41) is 5.32. The number of anilines is 3. The van der Waals surface area contributed by atoms with E-state index in [-0.39, 0.29) is 5.91 Å². The number of aryl methyl sites for hydroxylation is 3. The highest BCUT2D eigenvalue weighted by Gasteiger charge is 2.22. The van der Waals surface area contributed by atoms with E-state index in [0.717, 1.165) is 36.7 Å². The molecule has 0 spiro atoms. The summed E-state index contributed by atoms with van der Waals surface area (Å²) in [6.45, 7) is 7.10. The first kappa shape index (κ1) is 20.3. The Balaban J connectivity index is 1.31. The lowest BCUT2D eigenvalue weighted by atomic mass is 10.2. The molecule has 0 aliphatic carbocycles. The molecule has 156 valence electrons. The van der Waals surface area contributed by atoms with Crippen molar-refractivity contribution in [2.24, 2.45) is 0 Å². The fraction of sp³-hybridized carbons (Fsp3) is 0.364. The lowest BCUT2D eigenvalue weighted by Crippen LogP contribution is -2.49. The molecule has 30 heavy (non-hydrogen) atoms. The molecule has 7 nitrogen and oxygen atoms in total. The van der Waals surface area contributed by atoms with Crippen LogP contribution in [0.1, 0.15) is 22.4 Å². The number of thiophene rings is 1. The lowest BCUT2D eigenvalue weighted by Gasteiger charge is -2.35. The van der Waals surface area contributed by atoms with E-state index in [4.69, 9.17) is 0 Å². The molecule has 4 heterocycles. The molecule has 1 aliphatic heterocycles. The van der Waals surface area contributed by atoms with Gasteiger partial charge in [-0.3, -0.25) is 4.79 Å². The quantitative estimate of drug-likeness (QED) is 0.655. The molecule has 3 aromatic heterocycles. The molecule has 0 atom stereocenters. The largest absolute Gasteiger partial charge is 0.353 e. The SMILES string of the molecule is Cc1ccnc(Nc2cc(N3CCN(C(=O)CCc4sccc4C)CC3)ncn2)c1. The molecular formula is C22H26N6OS. The van der Waals surface area contributed by atoms with Crippen LogP contribution in [-0.4, -0.2) is 51.9 Å². The van der Waals surface area contributed by atoms with Gasteiger partial charge in [-0.2, -0.15) is 0 Å². The summed E-state index contributed by atoms with van der Waals surface area (Å²) in [6.07, 6.45) is 4.74. The average Bonchev–Trinajstić information content (AvgIpc) is 3.17. The highest BCUT2D eigenvalue weighted by Crippen LogP contribution is 2.21. The monoisotopic (exact) mass is 422 g/mol. The molecule has 0 saturated carbocycles. The summed E-state index contributed by atoms with van der Waals surface area (Å²) in [5.41, 5.74) is 2.42. The van der Waals surface area contributed by atoms with Crippen molar-refractivity contribution in [2.75, 3.05) is 36.4 Å². The van der Waals surface area contributed by atoms with Crippen LogP contribution >= 0.6 is 11.3 Å². The molecule has 4 rings (SSSR count). The first-order valence-electron chi connectivity index (χ1n) is 10.2. The Kier molecular flexibility index (Phi) is 6.23. The second-order valence-corrected chi connectivity index (χ2v) is 8.50. The van der Waals surface area contributed by atoms with Gasteiger partial charge in [-0.1, -0.05) is 0 Å². The van der Waals surface area contributed by atoms with Crippen LogP contribution in [0.25, 0.3) is 0 Å². The van der Waals surface area contributed by atoms with Crippen LogP contribution in [0, 0.1) is 13.8 Å². The van der Waals surface area contributed by atoms with Crippen molar-refractivity contribution in [3.8, 4) is 0 Å². The highest BCUT2D eigenvalue weighted by atomic mass is 32.1. The number of nitrogens with zero attached hydrogens (tertiary/aromatic N) is 5. The second kappa shape index (κ2) is 9.21. The number of carbonyl (C=O) groups is 1. The Bertz CT molecular complexity index is 1010. The first-order chi connectivity index (χ1) is 14.6. The third-order valence-electron chi connectivity index (χ3n) is 5.31. The number of rotatable bonds is 6. The summed E-state index contributed by atoms with van der Waals surface area (Å²) in [6, 6.07) is 7.98. The van der Waals surface area contributed by atoms with E-state index in [1.165, 1.54) is 10.4 Å². The van der Waals surface area contributed by atoms with Crippen LogP contribution < -0.4 is 10.2 Å². The van der Waals surface area contributed by atoms with Gasteiger partial charge in [0.2, 0.25) is 5.91 Å². The standard InChI is InChI=1S/C22H26N6OS/c1-16-5-7-23-19(13-16)26-20-14-21(25-15-24-20)27-8-10-28(11-9-27)22(29)4-3-18-17(2)6-12-30-18/h5-7,12-15H,3-4,8-11H2,1-2H3,(H,23,24,25,26). The minimum atomic E-state index is 0.234. The van der Waals surface area contributed by atoms with Gasteiger partial charge < -0.3 is 15.1 Å². The van der Waals surface area contributed by atoms with Crippen LogP contribution in [0.5, 0.6) is 0 Å². The van der Waals surface area contributed by atoms with Gasteiger partial charge in [0.05, 0.1) is 0 Å². The van der Waals surface area contributed by atoms with Crippen molar-refractivity contribution in [3.63, 3.8) is 0 Å². The summed E-state index contributed by atoms with van der Waals surface area (Å²) >= 11 is 1.73. The average molecular weight is 423 g/mol. The fourth-order valence-electron chi connectivity index (χ4n) is 3.55. The van der Waals surface area contributed by atoms with Gasteiger partial charge in [0.25, 0.3) is 0 Å². The van der Waals surface area contributed by atoms with E-state index in [1.54, 1.807) is 23.9 Å². The summed E-state index contributed by atoms with van der Waals surface area (Å²) < 4.78 is 0. The van der Waals surface area contributed by atoms with Gasteiger partial charge in [0.15, 0.2) is 0 Å². The zero-order valence-corrected chi connectivity index (χ0v) is 18.2. The Morgan fingerprint density at radius 1 is 1.07 bits per heavy atom. The fourth-order valence-corrected chi connectivity index (χ4v) is 4.46. The predicted molar refractivity (Wildman–Crippen MR) is 120 cm³/mol. The van der Waals surface area contributed by atoms with Crippen molar-refractivity contribution in [2.45, 2.75) is 26.7 Å². The number of nitrogens with one attached hydrogen (secondary N) is 1. The van der Waals surface area contributed by atoms with Gasteiger partial charge in [-0.15, -0.1) is 11.3 Å². The molecule has 0 bridgehead atoms. The third kappa shape index (κ3) is 4.94. The van der Waals surface area contributed by atoms with Gasteiger partial charge >= 0.3 is 0 Å². The van der Waals surface area contributed by atoms with E-state index in [0.29, 0.717) is 25.3 Å². The smallest absolute Gasteiger partial charge is 0.223 e. The topological polar surface area (TPSA) is 74.2 Å². The lowest BCUT2D eigenvalue weighted by molar-refractivity contribution is -0.131. The molecule has 3 aromatic rings. The Morgan fingerprint density at radius 2 is 1.87 bits per heavy atom. The van der Waals surface area contributed by atoms with Crippen LogP contribution in [0.4, 0.5) is 17.5 Å². The molecule has 1 aliphatic rings. The molecule has 0 radical (unpaired) electrons. The minimum absolute atomic E-state index is 0.234. The molecule has 1 N–H and O–H groups in total. The molecule has 1 fully saturated rings. The van der Waals surface area contributed by atoms with E-state index in [9.17, 15) is 4.79 Å². The number of hydrogen-bond donors (Lipinski definition) is 1. The number of carbonyl (C=O) groups excluding carboxylic acids is 1. The van der Waals surface area contributed by atoms with Gasteiger partial charge in [0, 0.05) is 49.7 Å². The number of hydrogen-bond acceptors (Lipinski definition) is 7. The predicted octanol–water partition coefficient (Wildman–Crippen LogP) is 3.57. The maximum absolute atomic E-state index is 12.6. The van der Waals surface area contributed by atoms with Crippen molar-refractivity contribution in [1.29, 1.82) is 0 Å². The Labute approximate surface area is 180 Å². The Hall–Kier alpha value is -3.00. The van der Waals surface area contributed by atoms with E-state index < -0.39 is 0 Å². The van der Waals surface area contributed by atoms with Gasteiger partial charge in [0.1, 0.15) is 23.8 Å². The maximum atomic E-state index is 12.6. The minimum Gasteiger partial charge on any atom is -0.353 e. The molecule has 0 unspecified atom stereocenters. The second-order valence-electron chi connectivity index (χ2n) is 7.50. The number of piperazine rings is 1. The maximum Gasteiger partial charge on any atom is 0.223 e. The number of pyridine rings is 1. The van der Waals surface area contributed by atoms with E-state index in [1.807, 2.05) is 30.0 Å². The van der Waals surface area contributed by atoms with Gasteiger partial charge in [-0.25, -0.2) is 15.0 Å². The molecular weight excluding hydrogens is 396 g/mol. The van der Waals surface area contributed by atoms with Crippen molar-refractivity contribution >= 4 is 34.7 Å². The van der Waals surface area contributed by atoms with E-state index in [2.05, 4.69) is 43.5 Å². The first-order valence-corrected chi connectivity index (χ1v) is 11.0. The molecule has 1 saturated heterocycles. The summed E-state index contributed by atoms with van der Waals surface area (Å²) in [4.78, 5) is 31.1. The van der Waals surface area contributed by atoms with Crippen molar-refractivity contribution < 1.29 is 4.79 Å². The number of amides is 1. The summed E-state index contributed by atoms with van der Waals surface area (Å²) in [5.74, 6) is 2.57. The van der Waals surface area contributed by atoms with Gasteiger partial charge in [-0.05, 0) is 55.0 Å². The normalized spacial score (nSPS) is 14.1. The van der Waals surface area contributed by atoms with Crippen LogP contribution in [-0.2, 0) is 11.2 Å². The molecule has 1 amide bonds. The molecule has 0 aromatic carbocycles. The number of aromatic nitrogens is 3. The highest BCUT2D eigenvalue weighted by molar-refractivity contribution is 7.10. The van der Waals surface area contributed by atoms with Crippen molar-refractivity contribution in [1.82, 2.24) is 19.9 Å². The van der Waals surface area contributed by atoms with E-state index >= 15 is 0 Å². The van der Waals surface area contributed by atoms with Crippen molar-refractivity contribution in [3.05, 3.63) is 58.2 Å². The third-order valence-corrected chi connectivity index (χ3v) is 6.40. The molecule has 8 heteroatoms. The van der Waals surface area contributed by atoms with Crippen LogP contribution in [0.3, 0.4) is 0 Å². The zero-order valence-electron chi connectivity index (χ0n) is 17.3.